The van der Waals surface area contributed by atoms with Crippen molar-refractivity contribution in [1.82, 2.24) is 5.32 Å². The number of urea groups is 1. The minimum absolute atomic E-state index is 0.0624. The van der Waals surface area contributed by atoms with Crippen LogP contribution in [0.1, 0.15) is 34.5 Å². The molecule has 8 heteroatoms. The topological polar surface area (TPSA) is 99.3 Å². The maximum atomic E-state index is 12.5. The van der Waals surface area contributed by atoms with Crippen molar-refractivity contribution < 1.29 is 14.4 Å². The van der Waals surface area contributed by atoms with E-state index in [0.29, 0.717) is 22.1 Å². The molecule has 7 nitrogen and oxygen atoms in total. The zero-order chi connectivity index (χ0) is 22.3. The third-order valence-corrected chi connectivity index (χ3v) is 6.22. The van der Waals surface area contributed by atoms with Gasteiger partial charge in [0, 0.05) is 23.8 Å². The summed E-state index contributed by atoms with van der Waals surface area (Å²) in [5, 5.41) is 11.9. The van der Waals surface area contributed by atoms with Crippen molar-refractivity contribution in [2.75, 3.05) is 16.0 Å². The Bertz CT molecular complexity index is 1110. The Balaban J connectivity index is 1.27. The van der Waals surface area contributed by atoms with Gasteiger partial charge in [-0.05, 0) is 54.8 Å². The summed E-state index contributed by atoms with van der Waals surface area (Å²) in [5.41, 5.74) is 2.31. The van der Waals surface area contributed by atoms with E-state index in [2.05, 4.69) is 21.3 Å². The van der Waals surface area contributed by atoms with Gasteiger partial charge in [-0.3, -0.25) is 14.9 Å². The first-order valence-electron chi connectivity index (χ1n) is 10.5. The van der Waals surface area contributed by atoms with E-state index in [9.17, 15) is 14.4 Å². The Hall–Kier alpha value is -3.65. The van der Waals surface area contributed by atoms with E-state index in [4.69, 9.17) is 0 Å². The minimum atomic E-state index is -0.370. The fraction of sp³-hybridized carbons (Fsp3) is 0.208. The first-order valence-corrected chi connectivity index (χ1v) is 11.3. The molecule has 0 spiro atoms. The first kappa shape index (κ1) is 21.6. The second kappa shape index (κ2) is 10.1. The molecule has 1 heterocycles. The van der Waals surface area contributed by atoms with Crippen LogP contribution in [0.4, 0.5) is 21.2 Å². The third-order valence-electron chi connectivity index (χ3n) is 5.22. The normalized spacial score (nSPS) is 13.0. The fourth-order valence-electron chi connectivity index (χ4n) is 3.27. The van der Waals surface area contributed by atoms with Gasteiger partial charge in [-0.1, -0.05) is 36.8 Å². The molecule has 1 aromatic heterocycles. The van der Waals surface area contributed by atoms with Crippen LogP contribution in [0.2, 0.25) is 0 Å². The Kier molecular flexibility index (Phi) is 6.81. The molecule has 1 aliphatic carbocycles. The van der Waals surface area contributed by atoms with Gasteiger partial charge in [-0.2, -0.15) is 0 Å². The molecular weight excluding hydrogens is 424 g/mol. The van der Waals surface area contributed by atoms with E-state index >= 15 is 0 Å². The van der Waals surface area contributed by atoms with E-state index in [0.717, 1.165) is 30.5 Å². The highest BCUT2D eigenvalue weighted by molar-refractivity contribution is 7.18. The summed E-state index contributed by atoms with van der Waals surface area (Å²) in [6.45, 7) is 0.334. The molecule has 1 fully saturated rings. The summed E-state index contributed by atoms with van der Waals surface area (Å²) in [6, 6.07) is 19.6. The van der Waals surface area contributed by atoms with E-state index in [1.165, 1.54) is 11.3 Å². The van der Waals surface area contributed by atoms with E-state index in [-0.39, 0.29) is 23.8 Å². The molecule has 4 rings (SSSR count). The van der Waals surface area contributed by atoms with Crippen LogP contribution in [-0.4, -0.2) is 17.8 Å². The van der Waals surface area contributed by atoms with Gasteiger partial charge in [-0.15, -0.1) is 11.3 Å². The molecule has 0 aliphatic heterocycles. The number of hydrogen-bond acceptors (Lipinski definition) is 4. The smallest absolute Gasteiger partial charge is 0.324 e. The molecular formula is C24H24N4O3S. The van der Waals surface area contributed by atoms with Crippen molar-refractivity contribution in [3.63, 3.8) is 0 Å². The van der Waals surface area contributed by atoms with Crippen LogP contribution in [0.3, 0.4) is 0 Å². The van der Waals surface area contributed by atoms with E-state index < -0.39 is 0 Å². The molecule has 0 bridgehead atoms. The third kappa shape index (κ3) is 5.73. The van der Waals surface area contributed by atoms with Crippen LogP contribution < -0.4 is 21.3 Å². The maximum Gasteiger partial charge on any atom is 0.324 e. The molecule has 0 saturated heterocycles. The predicted octanol–water partition coefficient (Wildman–Crippen LogP) is 5.06. The highest BCUT2D eigenvalue weighted by atomic mass is 32.1. The van der Waals surface area contributed by atoms with Gasteiger partial charge in [0.15, 0.2) is 0 Å². The number of hydrogen-bond donors (Lipinski definition) is 4. The minimum Gasteiger partial charge on any atom is -0.347 e. The Morgan fingerprint density at radius 3 is 2.38 bits per heavy atom. The molecule has 4 N–H and O–H groups in total. The number of para-hydroxylation sites is 1. The van der Waals surface area contributed by atoms with Gasteiger partial charge >= 0.3 is 6.03 Å². The SMILES string of the molecule is O=C(Nc1ccccc1)Nc1ccc(C(=O)NCc2cccc(NC(=O)C3CCC3)c2)s1. The first-order chi connectivity index (χ1) is 15.6. The van der Waals surface area contributed by atoms with Gasteiger partial charge in [0.05, 0.1) is 9.88 Å². The number of carbonyl (C=O) groups excluding carboxylic acids is 3. The Labute approximate surface area is 190 Å². The van der Waals surface area contributed by atoms with Crippen LogP contribution >= 0.6 is 11.3 Å². The highest BCUT2D eigenvalue weighted by Crippen LogP contribution is 2.27. The largest absolute Gasteiger partial charge is 0.347 e. The van der Waals surface area contributed by atoms with Crippen molar-refractivity contribution in [1.29, 1.82) is 0 Å². The standard InChI is InChI=1S/C24H24N4O3S/c29-22(17-7-5-8-17)26-19-11-4-6-16(14-19)15-25-23(30)20-12-13-21(32-20)28-24(31)27-18-9-2-1-3-10-18/h1-4,6,9-14,17H,5,7-8,15H2,(H,25,30)(H,26,29)(H2,27,28,31). The Morgan fingerprint density at radius 2 is 1.62 bits per heavy atom. The van der Waals surface area contributed by atoms with Gasteiger partial charge < -0.3 is 16.0 Å². The van der Waals surface area contributed by atoms with Gasteiger partial charge in [0.1, 0.15) is 0 Å². The van der Waals surface area contributed by atoms with Crippen molar-refractivity contribution in [2.45, 2.75) is 25.8 Å². The van der Waals surface area contributed by atoms with Crippen LogP contribution in [0.25, 0.3) is 0 Å². The van der Waals surface area contributed by atoms with Crippen molar-refractivity contribution >= 4 is 45.6 Å². The zero-order valence-electron chi connectivity index (χ0n) is 17.4. The van der Waals surface area contributed by atoms with E-state index in [1.54, 1.807) is 24.3 Å². The average molecular weight is 449 g/mol. The summed E-state index contributed by atoms with van der Waals surface area (Å²) in [6.07, 6.45) is 3.02. The molecule has 3 aromatic rings. The van der Waals surface area contributed by atoms with Crippen molar-refractivity contribution in [3.8, 4) is 0 Å². The summed E-state index contributed by atoms with van der Waals surface area (Å²) in [4.78, 5) is 37.2. The number of anilines is 3. The van der Waals surface area contributed by atoms with Crippen molar-refractivity contribution in [2.24, 2.45) is 5.92 Å². The number of rotatable bonds is 7. The number of nitrogens with one attached hydrogen (secondary N) is 4. The lowest BCUT2D eigenvalue weighted by molar-refractivity contribution is -0.122. The number of benzene rings is 2. The summed E-state index contributed by atoms with van der Waals surface area (Å²) in [5.74, 6) is -0.0439. The lowest BCUT2D eigenvalue weighted by atomic mass is 9.85. The number of thiophene rings is 1. The predicted molar refractivity (Wildman–Crippen MR) is 127 cm³/mol. The second-order valence-electron chi connectivity index (χ2n) is 7.61. The Morgan fingerprint density at radius 1 is 0.844 bits per heavy atom. The quantitative estimate of drug-likeness (QED) is 0.406. The molecule has 164 valence electrons. The molecule has 2 aromatic carbocycles. The molecule has 32 heavy (non-hydrogen) atoms. The molecule has 1 aliphatic rings. The molecule has 0 atom stereocenters. The number of carbonyl (C=O) groups is 3. The zero-order valence-corrected chi connectivity index (χ0v) is 18.2. The van der Waals surface area contributed by atoms with Crippen LogP contribution in [0.5, 0.6) is 0 Å². The summed E-state index contributed by atoms with van der Waals surface area (Å²) >= 11 is 1.20. The number of amides is 4. The summed E-state index contributed by atoms with van der Waals surface area (Å²) in [7, 11) is 0. The van der Waals surface area contributed by atoms with Crippen LogP contribution in [0.15, 0.2) is 66.7 Å². The monoisotopic (exact) mass is 448 g/mol. The lowest BCUT2D eigenvalue weighted by Crippen LogP contribution is -2.28. The van der Waals surface area contributed by atoms with Crippen LogP contribution in [0, 0.1) is 5.92 Å². The van der Waals surface area contributed by atoms with Gasteiger partial charge in [0.2, 0.25) is 5.91 Å². The lowest BCUT2D eigenvalue weighted by Gasteiger charge is -2.24. The summed E-state index contributed by atoms with van der Waals surface area (Å²) < 4.78 is 0. The second-order valence-corrected chi connectivity index (χ2v) is 8.69. The fourth-order valence-corrected chi connectivity index (χ4v) is 4.08. The maximum absolute atomic E-state index is 12.5. The highest BCUT2D eigenvalue weighted by Gasteiger charge is 2.25. The molecule has 0 radical (unpaired) electrons. The average Bonchev–Trinajstić information content (AvgIpc) is 3.20. The molecule has 4 amide bonds. The van der Waals surface area contributed by atoms with Gasteiger partial charge in [0.25, 0.3) is 5.91 Å². The molecule has 0 unspecified atom stereocenters. The van der Waals surface area contributed by atoms with Crippen molar-refractivity contribution in [3.05, 3.63) is 77.2 Å². The van der Waals surface area contributed by atoms with E-state index in [1.807, 2.05) is 42.5 Å². The van der Waals surface area contributed by atoms with Gasteiger partial charge in [-0.25, -0.2) is 4.79 Å². The molecule has 1 saturated carbocycles. The van der Waals surface area contributed by atoms with Crippen LogP contribution in [-0.2, 0) is 11.3 Å².